The summed E-state index contributed by atoms with van der Waals surface area (Å²) in [6.07, 6.45) is 2.11. The summed E-state index contributed by atoms with van der Waals surface area (Å²) in [6, 6.07) is 20.6. The van der Waals surface area contributed by atoms with Gasteiger partial charge in [-0.1, -0.05) is 60.7 Å². The molecule has 1 aliphatic heterocycles. The van der Waals surface area contributed by atoms with Gasteiger partial charge in [-0.2, -0.15) is 0 Å². The van der Waals surface area contributed by atoms with Crippen molar-refractivity contribution < 1.29 is 4.79 Å². The lowest BCUT2D eigenvalue weighted by molar-refractivity contribution is -0.138. The highest BCUT2D eigenvalue weighted by Crippen LogP contribution is 2.20. The average Bonchev–Trinajstić information content (AvgIpc) is 2.62. The van der Waals surface area contributed by atoms with Crippen LogP contribution in [0.3, 0.4) is 0 Å². The van der Waals surface area contributed by atoms with Crippen LogP contribution in [0.1, 0.15) is 24.0 Å². The van der Waals surface area contributed by atoms with Crippen LogP contribution >= 0.6 is 0 Å². The molecule has 2 aromatic rings. The Hall–Kier alpha value is -2.13. The third-order valence-corrected chi connectivity index (χ3v) is 4.72. The number of benzene rings is 2. The molecule has 0 saturated carbocycles. The Kier molecular flexibility index (Phi) is 5.65. The Balaban J connectivity index is 1.76. The molecular formula is C21H26N2O. The van der Waals surface area contributed by atoms with Gasteiger partial charge >= 0.3 is 0 Å². The highest BCUT2D eigenvalue weighted by molar-refractivity contribution is 5.79. The van der Waals surface area contributed by atoms with Crippen LogP contribution in [0.25, 0.3) is 0 Å². The number of amides is 1. The molecule has 1 atom stereocenters. The minimum Gasteiger partial charge on any atom is -0.334 e. The van der Waals surface area contributed by atoms with Crippen molar-refractivity contribution in [2.75, 3.05) is 20.1 Å². The Morgan fingerprint density at radius 1 is 1.00 bits per heavy atom. The van der Waals surface area contributed by atoms with E-state index in [1.54, 1.807) is 0 Å². The van der Waals surface area contributed by atoms with Crippen molar-refractivity contribution in [3.05, 3.63) is 71.8 Å². The molecule has 1 unspecified atom stereocenters. The van der Waals surface area contributed by atoms with Crippen LogP contribution in [0.15, 0.2) is 60.7 Å². The van der Waals surface area contributed by atoms with E-state index in [2.05, 4.69) is 36.2 Å². The molecule has 1 amide bonds. The fraction of sp³-hybridized carbons (Fsp3) is 0.381. The van der Waals surface area contributed by atoms with Crippen molar-refractivity contribution in [2.24, 2.45) is 5.92 Å². The molecule has 1 fully saturated rings. The second kappa shape index (κ2) is 8.11. The molecular weight excluding hydrogens is 296 g/mol. The molecule has 0 N–H and O–H groups in total. The van der Waals surface area contributed by atoms with Gasteiger partial charge in [0.2, 0.25) is 5.91 Å². The standard InChI is InChI=1S/C21H26N2O/c1-22-14-8-13-20(17-22)21(24)23(15-18-9-4-2-5-10-18)16-19-11-6-3-7-12-19/h2-7,9-12,20H,8,13-17H2,1H3. The fourth-order valence-corrected chi connectivity index (χ4v) is 3.45. The minimum atomic E-state index is 0.121. The first-order valence-corrected chi connectivity index (χ1v) is 8.77. The molecule has 2 aromatic carbocycles. The lowest BCUT2D eigenvalue weighted by atomic mass is 9.96. The summed E-state index contributed by atoms with van der Waals surface area (Å²) in [4.78, 5) is 17.4. The van der Waals surface area contributed by atoms with E-state index < -0.39 is 0 Å². The molecule has 3 rings (SSSR count). The van der Waals surface area contributed by atoms with Crippen molar-refractivity contribution in [1.82, 2.24) is 9.80 Å². The number of hydrogen-bond acceptors (Lipinski definition) is 2. The van der Waals surface area contributed by atoms with Crippen molar-refractivity contribution in [3.63, 3.8) is 0 Å². The summed E-state index contributed by atoms with van der Waals surface area (Å²) in [7, 11) is 2.11. The van der Waals surface area contributed by atoms with E-state index >= 15 is 0 Å². The number of nitrogens with zero attached hydrogens (tertiary/aromatic N) is 2. The molecule has 3 heteroatoms. The third kappa shape index (κ3) is 4.45. The highest BCUT2D eigenvalue weighted by Gasteiger charge is 2.28. The molecule has 1 heterocycles. The minimum absolute atomic E-state index is 0.121. The maximum atomic E-state index is 13.2. The van der Waals surface area contributed by atoms with Crippen molar-refractivity contribution in [1.29, 1.82) is 0 Å². The van der Waals surface area contributed by atoms with Crippen LogP contribution in [0.5, 0.6) is 0 Å². The van der Waals surface area contributed by atoms with Gasteiger partial charge in [0.25, 0.3) is 0 Å². The normalized spacial score (nSPS) is 18.3. The quantitative estimate of drug-likeness (QED) is 0.840. The van der Waals surface area contributed by atoms with Crippen LogP contribution in [-0.2, 0) is 17.9 Å². The molecule has 1 saturated heterocycles. The molecule has 24 heavy (non-hydrogen) atoms. The van der Waals surface area contributed by atoms with E-state index in [1.165, 1.54) is 11.1 Å². The summed E-state index contributed by atoms with van der Waals surface area (Å²) in [6.45, 7) is 3.32. The summed E-state index contributed by atoms with van der Waals surface area (Å²) in [5, 5.41) is 0. The molecule has 1 aliphatic rings. The van der Waals surface area contributed by atoms with Crippen LogP contribution in [0.4, 0.5) is 0 Å². The number of piperidine rings is 1. The SMILES string of the molecule is CN1CCCC(C(=O)N(Cc2ccccc2)Cc2ccccc2)C1. The summed E-state index contributed by atoms with van der Waals surface area (Å²) in [5.41, 5.74) is 2.37. The summed E-state index contributed by atoms with van der Waals surface area (Å²) in [5.74, 6) is 0.408. The van der Waals surface area contributed by atoms with Crippen LogP contribution in [-0.4, -0.2) is 35.8 Å². The second-order valence-corrected chi connectivity index (χ2v) is 6.77. The highest BCUT2D eigenvalue weighted by atomic mass is 16.2. The van der Waals surface area contributed by atoms with Crippen molar-refractivity contribution in [2.45, 2.75) is 25.9 Å². The number of likely N-dealkylation sites (tertiary alicyclic amines) is 1. The number of hydrogen-bond donors (Lipinski definition) is 0. The first kappa shape index (κ1) is 16.7. The van der Waals surface area contributed by atoms with Gasteiger partial charge in [-0.3, -0.25) is 4.79 Å². The zero-order chi connectivity index (χ0) is 16.8. The van der Waals surface area contributed by atoms with Gasteiger partial charge in [-0.25, -0.2) is 0 Å². The van der Waals surface area contributed by atoms with Gasteiger partial charge in [0, 0.05) is 19.6 Å². The zero-order valence-electron chi connectivity index (χ0n) is 14.4. The smallest absolute Gasteiger partial charge is 0.227 e. The topological polar surface area (TPSA) is 23.6 Å². The van der Waals surface area contributed by atoms with Gasteiger partial charge < -0.3 is 9.80 Å². The lowest BCUT2D eigenvalue weighted by Gasteiger charge is -2.33. The Morgan fingerprint density at radius 2 is 1.54 bits per heavy atom. The number of carbonyl (C=O) groups excluding carboxylic acids is 1. The first-order chi connectivity index (χ1) is 11.7. The van der Waals surface area contributed by atoms with Crippen LogP contribution in [0, 0.1) is 5.92 Å². The largest absolute Gasteiger partial charge is 0.334 e. The van der Waals surface area contributed by atoms with Gasteiger partial charge in [0.15, 0.2) is 0 Å². The van der Waals surface area contributed by atoms with Gasteiger partial charge in [-0.05, 0) is 37.6 Å². The van der Waals surface area contributed by atoms with Crippen LogP contribution in [0.2, 0.25) is 0 Å². The first-order valence-electron chi connectivity index (χ1n) is 8.77. The molecule has 3 nitrogen and oxygen atoms in total. The molecule has 126 valence electrons. The Labute approximate surface area is 144 Å². The van der Waals surface area contributed by atoms with Gasteiger partial charge in [0.05, 0.1) is 5.92 Å². The van der Waals surface area contributed by atoms with E-state index in [1.807, 2.05) is 41.3 Å². The van der Waals surface area contributed by atoms with E-state index in [9.17, 15) is 4.79 Å². The maximum absolute atomic E-state index is 13.2. The lowest BCUT2D eigenvalue weighted by Crippen LogP contribution is -2.43. The van der Waals surface area contributed by atoms with E-state index in [0.717, 1.165) is 25.9 Å². The maximum Gasteiger partial charge on any atom is 0.227 e. The van der Waals surface area contributed by atoms with Crippen LogP contribution < -0.4 is 0 Å². The third-order valence-electron chi connectivity index (χ3n) is 4.72. The van der Waals surface area contributed by atoms with E-state index in [0.29, 0.717) is 13.1 Å². The van der Waals surface area contributed by atoms with Crippen molar-refractivity contribution in [3.8, 4) is 0 Å². The molecule has 0 aliphatic carbocycles. The summed E-state index contributed by atoms with van der Waals surface area (Å²) >= 11 is 0. The monoisotopic (exact) mass is 322 g/mol. The Bertz CT molecular complexity index is 600. The molecule has 0 radical (unpaired) electrons. The second-order valence-electron chi connectivity index (χ2n) is 6.77. The number of carbonyl (C=O) groups is 1. The Morgan fingerprint density at radius 3 is 2.04 bits per heavy atom. The molecule has 0 bridgehead atoms. The molecule has 0 spiro atoms. The molecule has 0 aromatic heterocycles. The van der Waals surface area contributed by atoms with Crippen molar-refractivity contribution >= 4 is 5.91 Å². The fourth-order valence-electron chi connectivity index (χ4n) is 3.45. The zero-order valence-corrected chi connectivity index (χ0v) is 14.4. The van der Waals surface area contributed by atoms with Gasteiger partial charge in [0.1, 0.15) is 0 Å². The number of rotatable bonds is 5. The van der Waals surface area contributed by atoms with E-state index in [-0.39, 0.29) is 11.8 Å². The van der Waals surface area contributed by atoms with E-state index in [4.69, 9.17) is 0 Å². The predicted octanol–water partition coefficient (Wildman–Crippen LogP) is 3.56. The average molecular weight is 322 g/mol. The summed E-state index contributed by atoms with van der Waals surface area (Å²) < 4.78 is 0. The predicted molar refractivity (Wildman–Crippen MR) is 97.4 cm³/mol. The van der Waals surface area contributed by atoms with Gasteiger partial charge in [-0.15, -0.1) is 0 Å².